The van der Waals surface area contributed by atoms with Gasteiger partial charge in [-0.05, 0) is 31.0 Å². The normalized spacial score (nSPS) is 13.8. The van der Waals surface area contributed by atoms with Gasteiger partial charge in [-0.25, -0.2) is 9.97 Å². The molecule has 1 saturated carbocycles. The summed E-state index contributed by atoms with van der Waals surface area (Å²) >= 11 is 0. The Hall–Kier alpha value is -3.87. The fourth-order valence-electron chi connectivity index (χ4n) is 4.02. The van der Waals surface area contributed by atoms with Crippen LogP contribution in [-0.2, 0) is 6.61 Å². The van der Waals surface area contributed by atoms with E-state index < -0.39 is 5.91 Å². The summed E-state index contributed by atoms with van der Waals surface area (Å²) in [7, 11) is 0. The molecule has 7 heteroatoms. The highest BCUT2D eigenvalue weighted by atomic mass is 16.5. The van der Waals surface area contributed by atoms with Crippen LogP contribution < -0.4 is 16.2 Å². The second-order valence-corrected chi connectivity index (χ2v) is 7.82. The number of nitrogen functional groups attached to an aromatic ring is 1. The molecule has 0 atom stereocenters. The molecule has 1 aliphatic carbocycles. The zero-order chi connectivity index (χ0) is 21.4. The van der Waals surface area contributed by atoms with E-state index in [4.69, 9.17) is 21.2 Å². The van der Waals surface area contributed by atoms with Crippen LogP contribution in [0.4, 0.5) is 5.82 Å². The summed E-state index contributed by atoms with van der Waals surface area (Å²) in [4.78, 5) is 20.9. The van der Waals surface area contributed by atoms with Crippen molar-refractivity contribution in [1.29, 1.82) is 0 Å². The topological polar surface area (TPSA) is 109 Å². The molecule has 0 aliphatic heterocycles. The highest BCUT2D eigenvalue weighted by molar-refractivity contribution is 5.94. The number of aromatic nitrogens is 3. The summed E-state index contributed by atoms with van der Waals surface area (Å²) in [6.07, 6.45) is 7.15. The van der Waals surface area contributed by atoms with Crippen LogP contribution >= 0.6 is 0 Å². The Morgan fingerprint density at radius 3 is 2.77 bits per heavy atom. The number of ether oxygens (including phenoxy) is 1. The number of carbonyl (C=O) groups is 1. The van der Waals surface area contributed by atoms with Crippen molar-refractivity contribution in [1.82, 2.24) is 14.4 Å². The summed E-state index contributed by atoms with van der Waals surface area (Å²) in [6, 6.07) is 14.9. The van der Waals surface area contributed by atoms with Gasteiger partial charge >= 0.3 is 0 Å². The molecule has 1 amide bonds. The van der Waals surface area contributed by atoms with Gasteiger partial charge in [0.05, 0.1) is 0 Å². The van der Waals surface area contributed by atoms with Crippen molar-refractivity contribution in [3.63, 3.8) is 0 Å². The van der Waals surface area contributed by atoms with Crippen LogP contribution in [0.3, 0.4) is 0 Å². The molecule has 0 saturated heterocycles. The quantitative estimate of drug-likeness (QED) is 0.498. The Labute approximate surface area is 179 Å². The van der Waals surface area contributed by atoms with E-state index in [-0.39, 0.29) is 6.61 Å². The predicted molar refractivity (Wildman–Crippen MR) is 119 cm³/mol. The molecule has 156 valence electrons. The average molecular weight is 413 g/mol. The molecule has 0 unspecified atom stereocenters. The maximum absolute atomic E-state index is 11.7. The Morgan fingerprint density at radius 2 is 2.00 bits per heavy atom. The number of fused-ring (bicyclic) bond motifs is 1. The number of hydrogen-bond donors (Lipinski definition) is 2. The van der Waals surface area contributed by atoms with Gasteiger partial charge in [-0.3, -0.25) is 9.20 Å². The predicted octanol–water partition coefficient (Wildman–Crippen LogP) is 3.92. The number of nitrogens with zero attached hydrogens (tertiary/aromatic N) is 3. The summed E-state index contributed by atoms with van der Waals surface area (Å²) in [5, 5.41) is 0. The Balaban J connectivity index is 1.49. The molecule has 0 spiro atoms. The molecule has 4 N–H and O–H groups in total. The molecule has 2 heterocycles. The van der Waals surface area contributed by atoms with E-state index in [1.54, 1.807) is 18.3 Å². The summed E-state index contributed by atoms with van der Waals surface area (Å²) in [5.74, 6) is 2.15. The van der Waals surface area contributed by atoms with Gasteiger partial charge in [0.2, 0.25) is 5.91 Å². The van der Waals surface area contributed by atoms with Crippen LogP contribution in [0, 0.1) is 0 Å². The van der Waals surface area contributed by atoms with Crippen molar-refractivity contribution in [2.75, 3.05) is 5.73 Å². The lowest BCUT2D eigenvalue weighted by molar-refractivity contribution is 0.0998. The van der Waals surface area contributed by atoms with Crippen molar-refractivity contribution >= 4 is 17.2 Å². The Kier molecular flexibility index (Phi) is 4.78. The van der Waals surface area contributed by atoms with E-state index in [2.05, 4.69) is 9.38 Å². The first-order valence-corrected chi connectivity index (χ1v) is 10.3. The molecule has 1 fully saturated rings. The zero-order valence-corrected chi connectivity index (χ0v) is 17.0. The SMILES string of the molecule is NC(=O)c1ccccc1COc1cccc(-c2nc(C3CCC3)n3ccnc(N)c23)c1. The number of imidazole rings is 1. The fraction of sp³-hybridized carbons (Fsp3) is 0.208. The number of anilines is 1. The van der Waals surface area contributed by atoms with Crippen molar-refractivity contribution in [3.8, 4) is 17.0 Å². The first kappa shape index (κ1) is 19.1. The minimum Gasteiger partial charge on any atom is -0.489 e. The first-order valence-electron chi connectivity index (χ1n) is 10.3. The number of hydrogen-bond acceptors (Lipinski definition) is 5. The van der Waals surface area contributed by atoms with Crippen LogP contribution in [0.5, 0.6) is 5.75 Å². The van der Waals surface area contributed by atoms with Crippen molar-refractivity contribution in [2.24, 2.45) is 5.73 Å². The number of carbonyl (C=O) groups excluding carboxylic acids is 1. The van der Waals surface area contributed by atoms with E-state index in [9.17, 15) is 4.79 Å². The molecule has 31 heavy (non-hydrogen) atoms. The molecule has 1 aliphatic rings. The van der Waals surface area contributed by atoms with Crippen LogP contribution in [0.15, 0.2) is 60.9 Å². The van der Waals surface area contributed by atoms with Gasteiger partial charge in [-0.2, -0.15) is 0 Å². The van der Waals surface area contributed by atoms with Crippen molar-refractivity contribution in [2.45, 2.75) is 31.8 Å². The molecule has 2 aromatic heterocycles. The molecular weight excluding hydrogens is 390 g/mol. The van der Waals surface area contributed by atoms with Crippen LogP contribution in [0.25, 0.3) is 16.8 Å². The van der Waals surface area contributed by atoms with Gasteiger partial charge in [0, 0.05) is 35.0 Å². The standard InChI is InChI=1S/C24H23N5O2/c25-22-21-20(28-24(15-6-3-7-15)29(21)12-11-27-22)16-8-4-9-18(13-16)31-14-17-5-1-2-10-19(17)23(26)30/h1-2,4-5,8-13,15H,3,6-7,14H2,(H2,25,27)(H2,26,30). The molecule has 0 bridgehead atoms. The molecular formula is C24H23N5O2. The van der Waals surface area contributed by atoms with E-state index in [0.29, 0.717) is 23.0 Å². The van der Waals surface area contributed by atoms with Crippen molar-refractivity contribution in [3.05, 3.63) is 77.9 Å². The number of rotatable bonds is 6. The van der Waals surface area contributed by atoms with Crippen LogP contribution in [0.1, 0.15) is 46.9 Å². The third-order valence-electron chi connectivity index (χ3n) is 5.87. The Morgan fingerprint density at radius 1 is 1.16 bits per heavy atom. The molecule has 4 aromatic rings. The maximum Gasteiger partial charge on any atom is 0.249 e. The number of nitrogens with two attached hydrogens (primary N) is 2. The third-order valence-corrected chi connectivity index (χ3v) is 5.87. The molecule has 7 nitrogen and oxygen atoms in total. The van der Waals surface area contributed by atoms with E-state index >= 15 is 0 Å². The summed E-state index contributed by atoms with van der Waals surface area (Å²) in [6.45, 7) is 0.240. The highest BCUT2D eigenvalue weighted by Gasteiger charge is 2.26. The van der Waals surface area contributed by atoms with Crippen LogP contribution in [-0.4, -0.2) is 20.3 Å². The Bertz CT molecular complexity index is 1280. The minimum absolute atomic E-state index is 0.240. The number of benzene rings is 2. The summed E-state index contributed by atoms with van der Waals surface area (Å²) < 4.78 is 8.05. The number of amides is 1. The first-order chi connectivity index (χ1) is 15.1. The van der Waals surface area contributed by atoms with Crippen LogP contribution in [0.2, 0.25) is 0 Å². The van der Waals surface area contributed by atoms with E-state index in [1.807, 2.05) is 42.6 Å². The lowest BCUT2D eigenvalue weighted by Crippen LogP contribution is -2.14. The second kappa shape index (κ2) is 7.75. The molecule has 2 aromatic carbocycles. The maximum atomic E-state index is 11.7. The summed E-state index contributed by atoms with van der Waals surface area (Å²) in [5.41, 5.74) is 15.4. The molecule has 5 rings (SSSR count). The zero-order valence-electron chi connectivity index (χ0n) is 17.0. The van der Waals surface area contributed by atoms with E-state index in [0.717, 1.165) is 41.0 Å². The monoisotopic (exact) mass is 413 g/mol. The lowest BCUT2D eigenvalue weighted by Gasteiger charge is -2.23. The number of primary amides is 1. The van der Waals surface area contributed by atoms with E-state index in [1.165, 1.54) is 6.42 Å². The highest BCUT2D eigenvalue weighted by Crippen LogP contribution is 2.39. The largest absolute Gasteiger partial charge is 0.489 e. The second-order valence-electron chi connectivity index (χ2n) is 7.82. The third kappa shape index (κ3) is 3.48. The smallest absolute Gasteiger partial charge is 0.249 e. The minimum atomic E-state index is -0.469. The van der Waals surface area contributed by atoms with Crippen molar-refractivity contribution < 1.29 is 9.53 Å². The average Bonchev–Trinajstić information content (AvgIpc) is 3.12. The lowest BCUT2D eigenvalue weighted by atomic mass is 9.85. The van der Waals surface area contributed by atoms with Gasteiger partial charge in [-0.15, -0.1) is 0 Å². The van der Waals surface area contributed by atoms with Gasteiger partial charge in [0.25, 0.3) is 0 Å². The fourth-order valence-corrected chi connectivity index (χ4v) is 4.02. The van der Waals surface area contributed by atoms with Gasteiger partial charge in [-0.1, -0.05) is 36.8 Å². The van der Waals surface area contributed by atoms with Gasteiger partial charge in [0.15, 0.2) is 0 Å². The van der Waals surface area contributed by atoms with Gasteiger partial charge in [0.1, 0.15) is 35.2 Å². The molecule has 0 radical (unpaired) electrons. The van der Waals surface area contributed by atoms with Gasteiger partial charge < -0.3 is 16.2 Å².